The molecule has 10 nitrogen and oxygen atoms in total. The second-order valence-corrected chi connectivity index (χ2v) is 10.2. The highest BCUT2D eigenvalue weighted by Crippen LogP contribution is 2.38. The molecule has 1 aliphatic heterocycles. The maximum Gasteiger partial charge on any atom is 0.407 e. The van der Waals surface area contributed by atoms with E-state index in [9.17, 15) is 9.59 Å². The molecule has 0 spiro atoms. The van der Waals surface area contributed by atoms with Gasteiger partial charge in [0.1, 0.15) is 11.7 Å². The number of nitrogens with zero attached hydrogens (tertiary/aromatic N) is 2. The number of nitrogens with one attached hydrogen (secondary N) is 1. The summed E-state index contributed by atoms with van der Waals surface area (Å²) in [6, 6.07) is 3.16. The van der Waals surface area contributed by atoms with Crippen molar-refractivity contribution in [3.05, 3.63) is 30.4 Å². The van der Waals surface area contributed by atoms with Crippen molar-refractivity contribution in [2.75, 3.05) is 67.1 Å². The first-order chi connectivity index (χ1) is 18.1. The van der Waals surface area contributed by atoms with Gasteiger partial charge in [0.2, 0.25) is 5.75 Å². The number of ether oxygens (including phenoxy) is 5. The standard InChI is InChI=1S/C28H45N3O7/c1-8-22(37-26(32)21-19-23(34-5)25(36-7)24(20-21)35-6)11-16-31-15-10-14-30(17-18-31)13-9-12-29-27(33)38-28(2,3)4/h8,19-20,22H,1,9-18H2,2-7H3,(H,29,33)/t22-/m1/s1. The van der Waals surface area contributed by atoms with Crippen molar-refractivity contribution in [1.29, 1.82) is 0 Å². The molecule has 2 rings (SSSR count). The molecular formula is C28H45N3O7. The minimum absolute atomic E-state index is 0.318. The molecule has 1 N–H and O–H groups in total. The van der Waals surface area contributed by atoms with Crippen molar-refractivity contribution in [1.82, 2.24) is 15.1 Å². The largest absolute Gasteiger partial charge is 0.493 e. The molecule has 1 amide bonds. The quantitative estimate of drug-likeness (QED) is 0.230. The molecule has 10 heteroatoms. The van der Waals surface area contributed by atoms with Gasteiger partial charge < -0.3 is 38.8 Å². The van der Waals surface area contributed by atoms with Gasteiger partial charge in [-0.15, -0.1) is 0 Å². The lowest BCUT2D eigenvalue weighted by molar-refractivity contribution is 0.0360. The Morgan fingerprint density at radius 3 is 2.13 bits per heavy atom. The van der Waals surface area contributed by atoms with Gasteiger partial charge in [0.05, 0.1) is 26.9 Å². The molecule has 1 fully saturated rings. The van der Waals surface area contributed by atoms with E-state index in [2.05, 4.69) is 21.7 Å². The number of carbonyl (C=O) groups is 2. The van der Waals surface area contributed by atoms with Crippen molar-refractivity contribution in [2.24, 2.45) is 0 Å². The van der Waals surface area contributed by atoms with Crippen LogP contribution in [-0.2, 0) is 9.47 Å². The van der Waals surface area contributed by atoms with Crippen LogP contribution in [0.25, 0.3) is 0 Å². The van der Waals surface area contributed by atoms with Crippen molar-refractivity contribution in [3.8, 4) is 17.2 Å². The lowest BCUT2D eigenvalue weighted by Gasteiger charge is -2.23. The van der Waals surface area contributed by atoms with Gasteiger partial charge in [0.15, 0.2) is 11.5 Å². The zero-order chi connectivity index (χ0) is 28.1. The summed E-state index contributed by atoms with van der Waals surface area (Å²) in [6.07, 6.45) is 3.46. The number of hydrogen-bond acceptors (Lipinski definition) is 9. The molecule has 214 valence electrons. The van der Waals surface area contributed by atoms with Gasteiger partial charge >= 0.3 is 12.1 Å². The molecule has 1 aromatic carbocycles. The van der Waals surface area contributed by atoms with Crippen LogP contribution in [0.5, 0.6) is 17.2 Å². The summed E-state index contributed by atoms with van der Waals surface area (Å²) in [4.78, 5) is 29.5. The molecule has 1 heterocycles. The highest BCUT2D eigenvalue weighted by atomic mass is 16.6. The van der Waals surface area contributed by atoms with Crippen LogP contribution in [0, 0.1) is 0 Å². The summed E-state index contributed by atoms with van der Waals surface area (Å²) in [5.41, 5.74) is -0.171. The van der Waals surface area contributed by atoms with Crippen molar-refractivity contribution < 1.29 is 33.3 Å². The molecule has 0 bridgehead atoms. The fraction of sp³-hybridized carbons (Fsp3) is 0.643. The first-order valence-corrected chi connectivity index (χ1v) is 13.1. The second-order valence-electron chi connectivity index (χ2n) is 10.2. The Labute approximate surface area is 227 Å². The number of hydrogen-bond donors (Lipinski definition) is 1. The fourth-order valence-corrected chi connectivity index (χ4v) is 4.22. The zero-order valence-electron chi connectivity index (χ0n) is 23.8. The molecule has 1 aliphatic rings. The van der Waals surface area contributed by atoms with Gasteiger partial charge in [-0.1, -0.05) is 12.7 Å². The summed E-state index contributed by atoms with van der Waals surface area (Å²) in [5.74, 6) is 0.727. The summed E-state index contributed by atoms with van der Waals surface area (Å²) in [7, 11) is 4.52. The van der Waals surface area contributed by atoms with Crippen LogP contribution in [0.1, 0.15) is 50.4 Å². The first-order valence-electron chi connectivity index (χ1n) is 13.1. The fourth-order valence-electron chi connectivity index (χ4n) is 4.22. The van der Waals surface area contributed by atoms with Crippen LogP contribution in [0.3, 0.4) is 0 Å². The van der Waals surface area contributed by atoms with E-state index >= 15 is 0 Å². The summed E-state index contributed by atoms with van der Waals surface area (Å²) in [5, 5.41) is 2.82. The summed E-state index contributed by atoms with van der Waals surface area (Å²) < 4.78 is 27.0. The Balaban J connectivity index is 1.78. The predicted octanol–water partition coefficient (Wildman–Crippen LogP) is 3.74. The van der Waals surface area contributed by atoms with Crippen LogP contribution < -0.4 is 19.5 Å². The topological polar surface area (TPSA) is 98.8 Å². The number of esters is 1. The Bertz CT molecular complexity index is 891. The summed E-state index contributed by atoms with van der Waals surface area (Å²) >= 11 is 0. The monoisotopic (exact) mass is 535 g/mol. The second kappa shape index (κ2) is 15.4. The molecule has 1 atom stereocenters. The SMILES string of the molecule is C=C[C@H](CCN1CCCN(CCCNC(=O)OC(C)(C)C)CC1)OC(=O)c1cc(OC)c(OC)c(OC)c1. The van der Waals surface area contributed by atoms with E-state index in [0.29, 0.717) is 35.8 Å². The molecular weight excluding hydrogens is 490 g/mol. The molecule has 38 heavy (non-hydrogen) atoms. The molecule has 0 saturated carbocycles. The predicted molar refractivity (Wildman–Crippen MR) is 146 cm³/mol. The van der Waals surface area contributed by atoms with Gasteiger partial charge in [-0.25, -0.2) is 9.59 Å². The van der Waals surface area contributed by atoms with E-state index < -0.39 is 17.7 Å². The third-order valence-electron chi connectivity index (χ3n) is 6.15. The highest BCUT2D eigenvalue weighted by Gasteiger charge is 2.21. The molecule has 1 aromatic rings. The van der Waals surface area contributed by atoms with E-state index in [0.717, 1.165) is 52.1 Å². The van der Waals surface area contributed by atoms with Gasteiger partial charge in [0.25, 0.3) is 0 Å². The van der Waals surface area contributed by atoms with Crippen LogP contribution in [0.2, 0.25) is 0 Å². The Kier molecular flexibility index (Phi) is 12.7. The maximum atomic E-state index is 12.9. The average molecular weight is 536 g/mol. The van der Waals surface area contributed by atoms with Crippen LogP contribution in [0.4, 0.5) is 4.79 Å². The van der Waals surface area contributed by atoms with E-state index in [1.165, 1.54) is 21.3 Å². The molecule has 0 aromatic heterocycles. The lowest BCUT2D eigenvalue weighted by Crippen LogP contribution is -2.36. The number of methoxy groups -OCH3 is 3. The Morgan fingerprint density at radius 1 is 1.00 bits per heavy atom. The minimum Gasteiger partial charge on any atom is -0.493 e. The Hall–Kier alpha value is -2.98. The van der Waals surface area contributed by atoms with Gasteiger partial charge in [-0.3, -0.25) is 0 Å². The number of alkyl carbamates (subject to hydrolysis) is 1. The molecule has 0 radical (unpaired) electrons. The van der Waals surface area contributed by atoms with E-state index in [1.54, 1.807) is 18.2 Å². The third-order valence-corrected chi connectivity index (χ3v) is 6.15. The van der Waals surface area contributed by atoms with E-state index in [4.69, 9.17) is 23.7 Å². The van der Waals surface area contributed by atoms with Gasteiger partial charge in [-0.2, -0.15) is 0 Å². The normalized spacial score (nSPS) is 15.6. The summed E-state index contributed by atoms with van der Waals surface area (Å²) in [6.45, 7) is 15.6. The van der Waals surface area contributed by atoms with Crippen molar-refractivity contribution in [3.63, 3.8) is 0 Å². The third kappa shape index (κ3) is 10.4. The average Bonchev–Trinajstić information content (AvgIpc) is 3.11. The molecule has 0 unspecified atom stereocenters. The maximum absolute atomic E-state index is 12.9. The van der Waals surface area contributed by atoms with Gasteiger partial charge in [0, 0.05) is 32.6 Å². The van der Waals surface area contributed by atoms with Gasteiger partial charge in [-0.05, 0) is 65.4 Å². The minimum atomic E-state index is -0.488. The van der Waals surface area contributed by atoms with E-state index in [1.807, 2.05) is 20.8 Å². The first kappa shape index (κ1) is 31.2. The smallest absolute Gasteiger partial charge is 0.407 e. The van der Waals surface area contributed by atoms with Crippen LogP contribution in [0.15, 0.2) is 24.8 Å². The van der Waals surface area contributed by atoms with Crippen LogP contribution in [-0.4, -0.2) is 101 Å². The highest BCUT2D eigenvalue weighted by molar-refractivity contribution is 5.91. The number of benzene rings is 1. The van der Waals surface area contributed by atoms with Crippen LogP contribution >= 0.6 is 0 Å². The Morgan fingerprint density at radius 2 is 1.61 bits per heavy atom. The van der Waals surface area contributed by atoms with E-state index in [-0.39, 0.29) is 6.09 Å². The zero-order valence-corrected chi connectivity index (χ0v) is 23.8. The van der Waals surface area contributed by atoms with Crippen molar-refractivity contribution in [2.45, 2.75) is 51.7 Å². The molecule has 0 aliphatic carbocycles. The number of rotatable bonds is 13. The molecule has 1 saturated heterocycles. The number of amides is 1. The number of carbonyl (C=O) groups excluding carboxylic acids is 2. The lowest BCUT2D eigenvalue weighted by atomic mass is 10.1. The van der Waals surface area contributed by atoms with Crippen molar-refractivity contribution >= 4 is 12.1 Å².